The molecule has 0 bridgehead atoms. The molecule has 5 N–H and O–H groups in total. The van der Waals surface area contributed by atoms with Gasteiger partial charge in [0, 0.05) is 12.3 Å². The number of rotatable bonds is 6. The summed E-state index contributed by atoms with van der Waals surface area (Å²) in [6.45, 7) is -1.18. The van der Waals surface area contributed by atoms with Crippen molar-refractivity contribution < 1.29 is 43.6 Å². The summed E-state index contributed by atoms with van der Waals surface area (Å²) in [6, 6.07) is -0.0312. The molecule has 152 valence electrons. The number of carbonyl (C=O) groups is 3. The number of hydrogen-bond donors (Lipinski definition) is 4. The number of nitrogens with zero attached hydrogens (tertiary/aromatic N) is 2. The molecule has 1 aromatic rings. The van der Waals surface area contributed by atoms with Gasteiger partial charge in [-0.25, -0.2) is 24.7 Å². The molecule has 3 heterocycles. The number of aliphatic hydroxyl groups excluding tert-OH is 2. The molecule has 0 radical (unpaired) electrons. The van der Waals surface area contributed by atoms with E-state index in [1.54, 1.807) is 0 Å². The molecule has 0 amide bonds. The minimum Gasteiger partial charge on any atom is -0.447 e. The lowest BCUT2D eigenvalue weighted by atomic mass is 10.1. The summed E-state index contributed by atoms with van der Waals surface area (Å²) in [5, 5.41) is 18.1. The average molecular weight is 400 g/mol. The molecule has 0 aliphatic carbocycles. The van der Waals surface area contributed by atoms with Crippen LogP contribution in [0, 0.1) is 0 Å². The summed E-state index contributed by atoms with van der Waals surface area (Å²) < 4.78 is 16.3. The van der Waals surface area contributed by atoms with Crippen LogP contribution in [0.2, 0.25) is 0 Å². The third kappa shape index (κ3) is 3.65. The number of esters is 2. The fourth-order valence-electron chi connectivity index (χ4n) is 2.61. The Bertz CT molecular complexity index is 842. The van der Waals surface area contributed by atoms with E-state index in [0.29, 0.717) is 0 Å². The molecule has 0 unspecified atom stereocenters. The Kier molecular flexibility index (Phi) is 5.55. The Morgan fingerprint density at radius 1 is 1.29 bits per heavy atom. The normalized spacial score (nSPS) is 27.4. The maximum atomic E-state index is 12.3. The van der Waals surface area contributed by atoms with Gasteiger partial charge < -0.3 is 35.0 Å². The molecule has 0 spiro atoms. The summed E-state index contributed by atoms with van der Waals surface area (Å²) >= 11 is 0. The van der Waals surface area contributed by atoms with Gasteiger partial charge in [0.25, 0.3) is 0 Å². The van der Waals surface area contributed by atoms with E-state index in [0.717, 1.165) is 4.57 Å². The molecule has 2 aliphatic rings. The van der Waals surface area contributed by atoms with Gasteiger partial charge in [-0.1, -0.05) is 0 Å². The molecule has 0 saturated carbocycles. The summed E-state index contributed by atoms with van der Waals surface area (Å²) in [7, 11) is 0. The largest absolute Gasteiger partial charge is 0.447 e. The van der Waals surface area contributed by atoms with Crippen molar-refractivity contribution in [3.63, 3.8) is 0 Å². The number of hydrogen-bond acceptors (Lipinski definition) is 13. The van der Waals surface area contributed by atoms with Crippen LogP contribution in [-0.2, 0) is 33.4 Å². The monoisotopic (exact) mass is 400 g/mol. The van der Waals surface area contributed by atoms with Crippen molar-refractivity contribution in [3.8, 4) is 0 Å². The van der Waals surface area contributed by atoms with Crippen LogP contribution < -0.4 is 16.9 Å². The van der Waals surface area contributed by atoms with Crippen LogP contribution in [0.15, 0.2) is 17.1 Å². The Labute approximate surface area is 155 Å². The number of ether oxygens (including phenoxy) is 3. The van der Waals surface area contributed by atoms with E-state index in [1.807, 2.05) is 0 Å². The fraction of sp³-hybridized carbons (Fsp3) is 0.500. The van der Waals surface area contributed by atoms with Crippen LogP contribution in [0.1, 0.15) is 6.23 Å². The van der Waals surface area contributed by atoms with Crippen LogP contribution in [0.25, 0.3) is 0 Å². The van der Waals surface area contributed by atoms with Crippen molar-refractivity contribution in [2.45, 2.75) is 30.6 Å². The number of aliphatic hydroxyl groups is 2. The standard InChI is InChI=1S/C14H16N4O10/c15-5(3-19)11(21)28-17-7-1-2-18(14(24)16-7)10-9-8(6(4-20)25-10)26-12(22)13(23)27-9/h1-2,5-6,8-10,19-20H,3-4,15H2,(H,16,17,24)/t5-,6-,8-,9-,10-/m1/s1. The molecular weight excluding hydrogens is 384 g/mol. The number of fused-ring (bicyclic) bond motifs is 1. The van der Waals surface area contributed by atoms with Gasteiger partial charge in [-0.15, -0.1) is 0 Å². The summed E-state index contributed by atoms with van der Waals surface area (Å²) in [5.74, 6) is -3.60. The zero-order chi connectivity index (χ0) is 20.4. The average Bonchev–Trinajstić information content (AvgIpc) is 3.03. The molecule has 2 aliphatic heterocycles. The van der Waals surface area contributed by atoms with E-state index < -0.39 is 67.4 Å². The third-order valence-corrected chi connectivity index (χ3v) is 3.98. The van der Waals surface area contributed by atoms with Crippen molar-refractivity contribution in [3.05, 3.63) is 22.7 Å². The second kappa shape index (κ2) is 7.89. The Hall–Kier alpha value is -3.07. The lowest BCUT2D eigenvalue weighted by Crippen LogP contribution is -2.48. The lowest BCUT2D eigenvalue weighted by Gasteiger charge is -2.27. The number of nitrogens with one attached hydrogen (secondary N) is 1. The van der Waals surface area contributed by atoms with E-state index in [4.69, 9.17) is 25.1 Å². The van der Waals surface area contributed by atoms with Gasteiger partial charge >= 0.3 is 23.6 Å². The first-order valence-electron chi connectivity index (χ1n) is 7.96. The summed E-state index contributed by atoms with van der Waals surface area (Å²) in [5.41, 5.74) is 6.48. The molecule has 28 heavy (non-hydrogen) atoms. The molecule has 2 saturated heterocycles. The van der Waals surface area contributed by atoms with Gasteiger partial charge in [-0.3, -0.25) is 4.57 Å². The second-order valence-electron chi connectivity index (χ2n) is 5.80. The molecule has 5 atom stereocenters. The van der Waals surface area contributed by atoms with E-state index in [2.05, 4.69) is 15.3 Å². The van der Waals surface area contributed by atoms with E-state index in [9.17, 15) is 24.3 Å². The van der Waals surface area contributed by atoms with Gasteiger partial charge in [0.15, 0.2) is 24.3 Å². The predicted molar refractivity (Wildman–Crippen MR) is 84.0 cm³/mol. The zero-order valence-electron chi connectivity index (χ0n) is 14.1. The van der Waals surface area contributed by atoms with Crippen molar-refractivity contribution in [1.29, 1.82) is 0 Å². The van der Waals surface area contributed by atoms with Gasteiger partial charge in [0.2, 0.25) is 0 Å². The van der Waals surface area contributed by atoms with Crippen LogP contribution in [0.4, 0.5) is 5.82 Å². The quantitative estimate of drug-likeness (QED) is 0.157. The predicted octanol–water partition coefficient (Wildman–Crippen LogP) is -3.84. The highest BCUT2D eigenvalue weighted by Gasteiger charge is 2.54. The highest BCUT2D eigenvalue weighted by Crippen LogP contribution is 2.35. The lowest BCUT2D eigenvalue weighted by molar-refractivity contribution is -0.195. The van der Waals surface area contributed by atoms with Gasteiger partial charge in [-0.2, -0.15) is 4.98 Å². The SMILES string of the molecule is N[C@H](CO)C(=O)ONc1ccn([C@@H]2O[C@H](CO)[C@H]3OC(=O)C(=O)O[C@H]32)c(=O)n1. The minimum absolute atomic E-state index is 0.153. The summed E-state index contributed by atoms with van der Waals surface area (Å²) in [4.78, 5) is 54.7. The van der Waals surface area contributed by atoms with Crippen molar-refractivity contribution in [1.82, 2.24) is 9.55 Å². The Morgan fingerprint density at radius 3 is 2.57 bits per heavy atom. The molecule has 2 fully saturated rings. The fourth-order valence-corrected chi connectivity index (χ4v) is 2.61. The molecule has 14 heteroatoms. The molecule has 14 nitrogen and oxygen atoms in total. The topological polar surface area (TPSA) is 202 Å². The number of anilines is 1. The molecular formula is C14H16N4O10. The van der Waals surface area contributed by atoms with E-state index >= 15 is 0 Å². The first-order chi connectivity index (χ1) is 13.3. The van der Waals surface area contributed by atoms with Crippen LogP contribution >= 0.6 is 0 Å². The molecule has 0 aromatic carbocycles. The van der Waals surface area contributed by atoms with E-state index in [-0.39, 0.29) is 5.82 Å². The smallest absolute Gasteiger partial charge is 0.418 e. The van der Waals surface area contributed by atoms with Crippen LogP contribution in [0.3, 0.4) is 0 Å². The Balaban J connectivity index is 1.76. The molecule has 3 rings (SSSR count). The van der Waals surface area contributed by atoms with Crippen molar-refractivity contribution in [2.24, 2.45) is 5.73 Å². The number of carbonyl (C=O) groups excluding carboxylic acids is 3. The maximum absolute atomic E-state index is 12.3. The summed E-state index contributed by atoms with van der Waals surface area (Å²) in [6.07, 6.45) is -3.29. The molecule has 1 aromatic heterocycles. The highest BCUT2D eigenvalue weighted by molar-refractivity contribution is 6.30. The first kappa shape index (κ1) is 19.7. The van der Waals surface area contributed by atoms with Gasteiger partial charge in [-0.05, 0) is 0 Å². The Morgan fingerprint density at radius 2 is 1.96 bits per heavy atom. The minimum atomic E-state index is -1.27. The van der Waals surface area contributed by atoms with Gasteiger partial charge in [0.05, 0.1) is 13.2 Å². The number of aromatic nitrogens is 2. The van der Waals surface area contributed by atoms with Crippen molar-refractivity contribution in [2.75, 3.05) is 18.7 Å². The number of nitrogens with two attached hydrogens (primary N) is 1. The highest BCUT2D eigenvalue weighted by atomic mass is 16.7. The van der Waals surface area contributed by atoms with Crippen LogP contribution in [-0.4, -0.2) is 75.2 Å². The first-order valence-corrected chi connectivity index (χ1v) is 7.96. The third-order valence-electron chi connectivity index (χ3n) is 3.98. The van der Waals surface area contributed by atoms with Crippen LogP contribution in [0.5, 0.6) is 0 Å². The van der Waals surface area contributed by atoms with E-state index in [1.165, 1.54) is 12.3 Å². The van der Waals surface area contributed by atoms with Crippen molar-refractivity contribution >= 4 is 23.7 Å². The van der Waals surface area contributed by atoms with Gasteiger partial charge in [0.1, 0.15) is 12.1 Å². The zero-order valence-corrected chi connectivity index (χ0v) is 14.1. The second-order valence-corrected chi connectivity index (χ2v) is 5.80. The maximum Gasteiger partial charge on any atom is 0.418 e.